The molecular weight excluding hydrogens is 236 g/mol. The summed E-state index contributed by atoms with van der Waals surface area (Å²) in [4.78, 5) is 32.8. The van der Waals surface area contributed by atoms with Crippen LogP contribution in [0, 0.1) is 0 Å². The number of hydrazine groups is 1. The lowest BCUT2D eigenvalue weighted by Crippen LogP contribution is -2.64. The Morgan fingerprint density at radius 3 is 2.83 bits per heavy atom. The number of carbonyl (C=O) groups excluding carboxylic acids is 2. The number of hydrogen-bond acceptors (Lipinski definition) is 7. The first-order valence-electron chi connectivity index (χ1n) is 5.35. The summed E-state index contributed by atoms with van der Waals surface area (Å²) in [6.45, 7) is 3.48. The fourth-order valence-corrected chi connectivity index (χ4v) is 1.72. The fourth-order valence-electron chi connectivity index (χ4n) is 1.72. The molecule has 0 bridgehead atoms. The number of nitrogens with two attached hydrogens (primary N) is 1. The highest BCUT2D eigenvalue weighted by Gasteiger charge is 2.41. The molecule has 2 heterocycles. The lowest BCUT2D eigenvalue weighted by atomic mass is 9.99. The van der Waals surface area contributed by atoms with Gasteiger partial charge in [-0.15, -0.1) is 0 Å². The predicted molar refractivity (Wildman–Crippen MR) is 64.4 cm³/mol. The second-order valence-electron chi connectivity index (χ2n) is 4.43. The number of nitrogens with zero attached hydrogens (tertiary/aromatic N) is 3. The van der Waals surface area contributed by atoms with Gasteiger partial charge >= 0.3 is 0 Å². The van der Waals surface area contributed by atoms with Gasteiger partial charge in [0.2, 0.25) is 5.91 Å². The van der Waals surface area contributed by atoms with E-state index in [1.54, 1.807) is 24.8 Å². The van der Waals surface area contributed by atoms with Gasteiger partial charge in [-0.05, 0) is 13.8 Å². The lowest BCUT2D eigenvalue weighted by Gasteiger charge is -2.40. The molecule has 2 amide bonds. The number of hydrogen-bond donors (Lipinski definition) is 3. The normalized spacial score (nSPS) is 18.5. The largest absolute Gasteiger partial charge is 0.333 e. The van der Waals surface area contributed by atoms with E-state index < -0.39 is 5.54 Å². The van der Waals surface area contributed by atoms with Crippen LogP contribution in [0.5, 0.6) is 0 Å². The number of anilines is 2. The Morgan fingerprint density at radius 1 is 1.44 bits per heavy atom. The fraction of sp³-hybridized carbons (Fsp3) is 0.400. The highest BCUT2D eigenvalue weighted by atomic mass is 16.2. The Bertz CT molecular complexity index is 501. The van der Waals surface area contributed by atoms with Gasteiger partial charge < -0.3 is 10.3 Å². The lowest BCUT2D eigenvalue weighted by molar-refractivity contribution is -0.135. The van der Waals surface area contributed by atoms with Gasteiger partial charge in [0.25, 0.3) is 5.91 Å². The molecule has 18 heavy (non-hydrogen) atoms. The van der Waals surface area contributed by atoms with E-state index in [4.69, 9.17) is 5.84 Å². The Kier molecular flexibility index (Phi) is 2.87. The number of nitrogen functional groups attached to an aromatic ring is 1. The summed E-state index contributed by atoms with van der Waals surface area (Å²) in [5, 5.41) is 2.29. The maximum absolute atomic E-state index is 11.8. The van der Waals surface area contributed by atoms with E-state index in [2.05, 4.69) is 20.7 Å². The van der Waals surface area contributed by atoms with Crippen molar-refractivity contribution in [2.75, 3.05) is 16.9 Å². The van der Waals surface area contributed by atoms with Crippen LogP contribution in [-0.4, -0.2) is 33.9 Å². The van der Waals surface area contributed by atoms with Crippen molar-refractivity contribution in [3.8, 4) is 0 Å². The molecule has 0 saturated carbocycles. The van der Waals surface area contributed by atoms with Gasteiger partial charge in [0, 0.05) is 6.07 Å². The van der Waals surface area contributed by atoms with Crippen LogP contribution in [0.3, 0.4) is 0 Å². The van der Waals surface area contributed by atoms with Gasteiger partial charge in [-0.2, -0.15) is 0 Å². The number of imide groups is 1. The maximum Gasteiger partial charge on any atom is 0.251 e. The van der Waals surface area contributed by atoms with Crippen LogP contribution >= 0.6 is 0 Å². The molecular formula is C10H14N6O2. The Labute approximate surface area is 104 Å². The molecule has 1 aliphatic heterocycles. The second-order valence-corrected chi connectivity index (χ2v) is 4.43. The van der Waals surface area contributed by atoms with Crippen LogP contribution in [0.1, 0.15) is 13.8 Å². The van der Waals surface area contributed by atoms with Crippen molar-refractivity contribution in [3.05, 3.63) is 12.4 Å². The highest BCUT2D eigenvalue weighted by Crippen LogP contribution is 2.25. The summed E-state index contributed by atoms with van der Waals surface area (Å²) in [5.74, 6) is 5.42. The highest BCUT2D eigenvalue weighted by molar-refractivity contribution is 6.06. The van der Waals surface area contributed by atoms with Gasteiger partial charge in [-0.1, -0.05) is 0 Å². The summed E-state index contributed by atoms with van der Waals surface area (Å²) in [7, 11) is 0. The zero-order chi connectivity index (χ0) is 13.3. The van der Waals surface area contributed by atoms with Crippen molar-refractivity contribution >= 4 is 23.5 Å². The average Bonchev–Trinajstić information content (AvgIpc) is 2.34. The second kappa shape index (κ2) is 4.22. The van der Waals surface area contributed by atoms with Gasteiger partial charge in [-0.3, -0.25) is 14.9 Å². The van der Waals surface area contributed by atoms with E-state index in [9.17, 15) is 9.59 Å². The average molecular weight is 250 g/mol. The van der Waals surface area contributed by atoms with E-state index in [0.29, 0.717) is 11.6 Å². The number of piperazine rings is 1. The molecule has 4 N–H and O–H groups in total. The van der Waals surface area contributed by atoms with Crippen LogP contribution in [0.4, 0.5) is 11.6 Å². The monoisotopic (exact) mass is 250 g/mol. The smallest absolute Gasteiger partial charge is 0.251 e. The molecule has 0 radical (unpaired) electrons. The van der Waals surface area contributed by atoms with E-state index in [1.807, 2.05) is 0 Å². The third kappa shape index (κ3) is 1.97. The summed E-state index contributed by atoms with van der Waals surface area (Å²) < 4.78 is 0. The standard InChI is InChI=1S/C10H14N6O2/c1-10(2)9(18)14-8(17)4-16(10)7-3-6(15-11)12-5-13-7/h3,5H,4,11H2,1-2H3,(H,12,13,15)(H,14,17,18). The van der Waals surface area contributed by atoms with Crippen molar-refractivity contribution in [1.82, 2.24) is 15.3 Å². The molecule has 1 aromatic heterocycles. The molecule has 2 rings (SSSR count). The third-order valence-electron chi connectivity index (χ3n) is 2.86. The van der Waals surface area contributed by atoms with Crippen LogP contribution in [0.15, 0.2) is 12.4 Å². The van der Waals surface area contributed by atoms with E-state index >= 15 is 0 Å². The number of amides is 2. The number of rotatable bonds is 2. The van der Waals surface area contributed by atoms with Crippen molar-refractivity contribution < 1.29 is 9.59 Å². The molecule has 0 unspecified atom stereocenters. The Balaban J connectivity index is 2.40. The SMILES string of the molecule is CC1(C)C(=O)NC(=O)CN1c1cc(NN)ncn1. The summed E-state index contributed by atoms with van der Waals surface area (Å²) in [6, 6.07) is 1.58. The molecule has 96 valence electrons. The van der Waals surface area contributed by atoms with Gasteiger partial charge in [0.15, 0.2) is 0 Å². The van der Waals surface area contributed by atoms with Crippen molar-refractivity contribution in [2.45, 2.75) is 19.4 Å². The van der Waals surface area contributed by atoms with E-state index in [0.717, 1.165) is 0 Å². The van der Waals surface area contributed by atoms with Crippen LogP contribution in [0.2, 0.25) is 0 Å². The van der Waals surface area contributed by atoms with Crippen LogP contribution in [-0.2, 0) is 9.59 Å². The quantitative estimate of drug-likeness (QED) is 0.350. The predicted octanol–water partition coefficient (Wildman–Crippen LogP) is -0.996. The third-order valence-corrected chi connectivity index (χ3v) is 2.86. The molecule has 1 aromatic rings. The van der Waals surface area contributed by atoms with Crippen LogP contribution in [0.25, 0.3) is 0 Å². The van der Waals surface area contributed by atoms with Gasteiger partial charge in [-0.25, -0.2) is 15.8 Å². The van der Waals surface area contributed by atoms with E-state index in [1.165, 1.54) is 6.33 Å². The molecule has 0 aliphatic carbocycles. The summed E-state index contributed by atoms with van der Waals surface area (Å²) >= 11 is 0. The number of aromatic nitrogens is 2. The Morgan fingerprint density at radius 2 is 2.17 bits per heavy atom. The van der Waals surface area contributed by atoms with Crippen LogP contribution < -0.4 is 21.5 Å². The number of carbonyl (C=O) groups is 2. The van der Waals surface area contributed by atoms with E-state index in [-0.39, 0.29) is 18.4 Å². The first-order valence-corrected chi connectivity index (χ1v) is 5.35. The molecule has 0 spiro atoms. The topological polar surface area (TPSA) is 113 Å². The summed E-state index contributed by atoms with van der Waals surface area (Å²) in [6.07, 6.45) is 1.32. The van der Waals surface area contributed by atoms with Crippen molar-refractivity contribution in [2.24, 2.45) is 5.84 Å². The molecule has 1 saturated heterocycles. The molecule has 1 fully saturated rings. The summed E-state index contributed by atoms with van der Waals surface area (Å²) in [5.41, 5.74) is 1.53. The maximum atomic E-state index is 11.8. The van der Waals surface area contributed by atoms with Gasteiger partial charge in [0.1, 0.15) is 23.5 Å². The Hall–Kier alpha value is -2.22. The first-order chi connectivity index (χ1) is 8.45. The molecule has 1 aliphatic rings. The first kappa shape index (κ1) is 12.2. The molecule has 8 heteroatoms. The zero-order valence-electron chi connectivity index (χ0n) is 10.1. The molecule has 0 atom stereocenters. The minimum atomic E-state index is -0.867. The van der Waals surface area contributed by atoms with Crippen molar-refractivity contribution in [3.63, 3.8) is 0 Å². The van der Waals surface area contributed by atoms with Crippen molar-refractivity contribution in [1.29, 1.82) is 0 Å². The minimum Gasteiger partial charge on any atom is -0.333 e. The molecule has 0 aromatic carbocycles. The minimum absolute atomic E-state index is 0.0553. The zero-order valence-corrected chi connectivity index (χ0v) is 10.1. The van der Waals surface area contributed by atoms with Gasteiger partial charge in [0.05, 0.1) is 6.54 Å². The molecule has 8 nitrogen and oxygen atoms in total. The number of nitrogens with one attached hydrogen (secondary N) is 2.